The highest BCUT2D eigenvalue weighted by Crippen LogP contribution is 2.26. The molecule has 13 heteroatoms. The Morgan fingerprint density at radius 1 is 1.31 bits per heavy atom. The Labute approximate surface area is 203 Å². The Bertz CT molecular complexity index is 1300. The first kappa shape index (κ1) is 24.5. The smallest absolute Gasteiger partial charge is 0.269 e. The number of carbonyl (C=O) groups is 3. The van der Waals surface area contributed by atoms with Gasteiger partial charge in [0.25, 0.3) is 5.91 Å². The summed E-state index contributed by atoms with van der Waals surface area (Å²) in [5, 5.41) is 6.86. The number of rotatable bonds is 7. The molecule has 3 aromatic rings. The minimum Gasteiger partial charge on any atom is -0.376 e. The molecule has 1 aromatic carbocycles. The number of pyridine rings is 1. The normalized spacial score (nSPS) is 19.8. The van der Waals surface area contributed by atoms with Crippen molar-refractivity contribution in [2.45, 2.75) is 31.4 Å². The van der Waals surface area contributed by atoms with Crippen molar-refractivity contribution >= 4 is 40.2 Å². The monoisotopic (exact) mass is 506 g/mol. The molecule has 3 amide bonds. The number of halogens is 3. The van der Waals surface area contributed by atoms with Crippen LogP contribution in [0.25, 0.3) is 10.9 Å². The van der Waals surface area contributed by atoms with Crippen LogP contribution in [-0.2, 0) is 27.4 Å². The number of ether oxygens (including phenoxy) is 1. The van der Waals surface area contributed by atoms with E-state index in [9.17, 15) is 23.2 Å². The Balaban J connectivity index is 1.56. The summed E-state index contributed by atoms with van der Waals surface area (Å²) >= 11 is 5.77. The Morgan fingerprint density at radius 3 is 2.80 bits per heavy atom. The third kappa shape index (κ3) is 4.66. The molecule has 0 saturated carbocycles. The summed E-state index contributed by atoms with van der Waals surface area (Å²) in [6.45, 7) is -1.02. The van der Waals surface area contributed by atoms with Gasteiger partial charge in [0.1, 0.15) is 30.7 Å². The van der Waals surface area contributed by atoms with Crippen LogP contribution in [0.4, 0.5) is 8.78 Å². The standard InChI is InChI=1S/C22H21ClF2N6O4/c1-35-20-14(24)9-30(19(20)22(34)28-7-11-3-2-4-13(23)17(11)25)16(32)10-31-15-5-6-27-8-12(15)18(29-31)21(26)33/h2-6,8,14,19-20H,7,9-10H2,1H3,(H2,26,33)(H,28,34)/t14-,19-,20+/m0/s1. The number of nitrogens with one attached hydrogen (secondary N) is 1. The van der Waals surface area contributed by atoms with Crippen LogP contribution in [0.15, 0.2) is 36.7 Å². The fraction of sp³-hybridized carbons (Fsp3) is 0.318. The van der Waals surface area contributed by atoms with Crippen LogP contribution >= 0.6 is 11.6 Å². The molecule has 2 aromatic heterocycles. The molecule has 35 heavy (non-hydrogen) atoms. The molecule has 1 fully saturated rings. The number of nitrogens with zero attached hydrogens (tertiary/aromatic N) is 4. The van der Waals surface area contributed by atoms with Gasteiger partial charge in [-0.05, 0) is 12.1 Å². The molecular weight excluding hydrogens is 486 g/mol. The fourth-order valence-corrected chi connectivity index (χ4v) is 4.32. The predicted molar refractivity (Wildman–Crippen MR) is 120 cm³/mol. The summed E-state index contributed by atoms with van der Waals surface area (Å²) in [6.07, 6.45) is -0.0245. The lowest BCUT2D eigenvalue weighted by Crippen LogP contribution is -2.51. The molecule has 3 atom stereocenters. The minimum atomic E-state index is -1.64. The maximum Gasteiger partial charge on any atom is 0.269 e. The average molecular weight is 507 g/mol. The number of benzene rings is 1. The number of primary amides is 1. The van der Waals surface area contributed by atoms with E-state index in [-0.39, 0.29) is 22.8 Å². The van der Waals surface area contributed by atoms with E-state index in [1.54, 1.807) is 6.07 Å². The number of likely N-dealkylation sites (tertiary alicyclic amines) is 1. The van der Waals surface area contributed by atoms with Gasteiger partial charge in [0.15, 0.2) is 5.69 Å². The van der Waals surface area contributed by atoms with Gasteiger partial charge < -0.3 is 20.7 Å². The highest BCUT2D eigenvalue weighted by molar-refractivity contribution is 6.30. The quantitative estimate of drug-likeness (QED) is 0.495. The first-order valence-corrected chi connectivity index (χ1v) is 10.9. The van der Waals surface area contributed by atoms with Gasteiger partial charge in [0.05, 0.1) is 22.5 Å². The van der Waals surface area contributed by atoms with E-state index >= 15 is 0 Å². The number of nitrogens with two attached hydrogens (primary N) is 1. The zero-order valence-corrected chi connectivity index (χ0v) is 19.2. The molecule has 10 nitrogen and oxygen atoms in total. The number of methoxy groups -OCH3 is 1. The zero-order chi connectivity index (χ0) is 25.3. The summed E-state index contributed by atoms with van der Waals surface area (Å²) in [5.74, 6) is -2.86. The van der Waals surface area contributed by atoms with Crippen LogP contribution in [0.2, 0.25) is 5.02 Å². The van der Waals surface area contributed by atoms with Crippen LogP contribution in [0.5, 0.6) is 0 Å². The van der Waals surface area contributed by atoms with Crippen molar-refractivity contribution in [2.24, 2.45) is 5.73 Å². The maximum absolute atomic E-state index is 14.7. The molecule has 1 aliphatic heterocycles. The number of amides is 3. The van der Waals surface area contributed by atoms with E-state index in [0.29, 0.717) is 10.9 Å². The average Bonchev–Trinajstić information content (AvgIpc) is 3.37. The van der Waals surface area contributed by atoms with Gasteiger partial charge in [-0.15, -0.1) is 0 Å². The Morgan fingerprint density at radius 2 is 2.09 bits per heavy atom. The van der Waals surface area contributed by atoms with Gasteiger partial charge >= 0.3 is 0 Å². The van der Waals surface area contributed by atoms with Gasteiger partial charge in [-0.3, -0.25) is 24.0 Å². The largest absolute Gasteiger partial charge is 0.376 e. The Kier molecular flexibility index (Phi) is 6.94. The van der Waals surface area contributed by atoms with Crippen molar-refractivity contribution < 1.29 is 27.9 Å². The topological polar surface area (TPSA) is 132 Å². The number of carbonyl (C=O) groups excluding carboxylic acids is 3. The molecule has 0 unspecified atom stereocenters. The maximum atomic E-state index is 14.7. The molecule has 3 N–H and O–H groups in total. The number of alkyl halides is 1. The lowest BCUT2D eigenvalue weighted by atomic mass is 10.1. The molecule has 1 saturated heterocycles. The number of hydrogen-bond acceptors (Lipinski definition) is 6. The molecule has 184 valence electrons. The van der Waals surface area contributed by atoms with E-state index < -0.39 is 54.9 Å². The summed E-state index contributed by atoms with van der Waals surface area (Å²) in [5.41, 5.74) is 5.84. The van der Waals surface area contributed by atoms with Gasteiger partial charge in [0, 0.05) is 31.6 Å². The van der Waals surface area contributed by atoms with E-state index in [0.717, 1.165) is 4.90 Å². The Hall–Kier alpha value is -3.64. The van der Waals surface area contributed by atoms with Crippen molar-refractivity contribution in [1.29, 1.82) is 0 Å². The van der Waals surface area contributed by atoms with Crippen LogP contribution < -0.4 is 11.1 Å². The van der Waals surface area contributed by atoms with Gasteiger partial charge in [-0.2, -0.15) is 5.10 Å². The summed E-state index contributed by atoms with van der Waals surface area (Å²) in [7, 11) is 1.23. The van der Waals surface area contributed by atoms with Gasteiger partial charge in [-0.1, -0.05) is 23.7 Å². The van der Waals surface area contributed by atoms with Crippen molar-refractivity contribution in [1.82, 2.24) is 25.0 Å². The predicted octanol–water partition coefficient (Wildman–Crippen LogP) is 1.20. The van der Waals surface area contributed by atoms with Crippen molar-refractivity contribution in [2.75, 3.05) is 13.7 Å². The molecule has 3 heterocycles. The summed E-state index contributed by atoms with van der Waals surface area (Å²) < 4.78 is 35.3. The number of fused-ring (bicyclic) bond motifs is 1. The van der Waals surface area contributed by atoms with Crippen LogP contribution in [0, 0.1) is 5.82 Å². The van der Waals surface area contributed by atoms with E-state index in [1.165, 1.54) is 42.4 Å². The molecule has 1 aliphatic rings. The molecular formula is C22H21ClF2N6O4. The SMILES string of the molecule is CO[C@H]1[C@@H](C(=O)NCc2cccc(Cl)c2F)N(C(=O)Cn2nc(C(N)=O)c3cnccc32)C[C@@H]1F. The minimum absolute atomic E-state index is 0.0710. The highest BCUT2D eigenvalue weighted by Gasteiger charge is 2.48. The van der Waals surface area contributed by atoms with E-state index in [2.05, 4.69) is 15.4 Å². The number of aromatic nitrogens is 3. The van der Waals surface area contributed by atoms with Gasteiger partial charge in [0.2, 0.25) is 11.8 Å². The molecule has 4 rings (SSSR count). The lowest BCUT2D eigenvalue weighted by molar-refractivity contribution is -0.141. The highest BCUT2D eigenvalue weighted by atomic mass is 35.5. The molecule has 0 bridgehead atoms. The summed E-state index contributed by atoms with van der Waals surface area (Å²) in [4.78, 5) is 42.9. The first-order valence-electron chi connectivity index (χ1n) is 10.5. The third-order valence-electron chi connectivity index (χ3n) is 5.79. The summed E-state index contributed by atoms with van der Waals surface area (Å²) in [6, 6.07) is 4.57. The second-order valence-electron chi connectivity index (χ2n) is 7.90. The van der Waals surface area contributed by atoms with Crippen molar-refractivity contribution in [3.05, 3.63) is 58.8 Å². The van der Waals surface area contributed by atoms with E-state index in [1.807, 2.05) is 0 Å². The third-order valence-corrected chi connectivity index (χ3v) is 6.08. The van der Waals surface area contributed by atoms with Gasteiger partial charge in [-0.25, -0.2) is 8.78 Å². The zero-order valence-electron chi connectivity index (χ0n) is 18.5. The van der Waals surface area contributed by atoms with Crippen LogP contribution in [0.1, 0.15) is 16.1 Å². The van der Waals surface area contributed by atoms with Crippen LogP contribution in [0.3, 0.4) is 0 Å². The molecule has 0 aliphatic carbocycles. The molecule has 0 spiro atoms. The van der Waals surface area contributed by atoms with E-state index in [4.69, 9.17) is 22.1 Å². The second-order valence-corrected chi connectivity index (χ2v) is 8.31. The van der Waals surface area contributed by atoms with Crippen LogP contribution in [-0.4, -0.2) is 69.4 Å². The molecule has 0 radical (unpaired) electrons. The second kappa shape index (κ2) is 9.92. The first-order chi connectivity index (χ1) is 16.7. The number of hydrogen-bond donors (Lipinski definition) is 2. The fourth-order valence-electron chi connectivity index (χ4n) is 4.12. The van der Waals surface area contributed by atoms with Crippen molar-refractivity contribution in [3.63, 3.8) is 0 Å². The lowest BCUT2D eigenvalue weighted by Gasteiger charge is -2.26. The van der Waals surface area contributed by atoms with Crippen molar-refractivity contribution in [3.8, 4) is 0 Å².